The van der Waals surface area contributed by atoms with Crippen LogP contribution in [0.5, 0.6) is 0 Å². The van der Waals surface area contributed by atoms with Gasteiger partial charge < -0.3 is 5.73 Å². The highest BCUT2D eigenvalue weighted by Gasteiger charge is 2.14. The first-order chi connectivity index (χ1) is 7.06. The number of rotatable bonds is 3. The number of nitro benzene ring substituents is 1. The van der Waals surface area contributed by atoms with Crippen LogP contribution in [-0.2, 0) is 0 Å². The molecule has 0 unspecified atom stereocenters. The van der Waals surface area contributed by atoms with E-state index in [1.165, 1.54) is 6.07 Å². The van der Waals surface area contributed by atoms with E-state index in [2.05, 4.69) is 0 Å². The van der Waals surface area contributed by atoms with Crippen LogP contribution in [0.15, 0.2) is 18.2 Å². The third kappa shape index (κ3) is 2.51. The molecule has 15 heavy (non-hydrogen) atoms. The quantitative estimate of drug-likeness (QED) is 0.601. The zero-order chi connectivity index (χ0) is 11.4. The van der Waals surface area contributed by atoms with Gasteiger partial charge in [-0.3, -0.25) is 10.1 Å². The topological polar surface area (TPSA) is 93.0 Å². The Morgan fingerprint density at radius 2 is 2.33 bits per heavy atom. The molecule has 0 fully saturated rings. The van der Waals surface area contributed by atoms with Gasteiger partial charge in [-0.2, -0.15) is 5.26 Å². The Bertz CT molecular complexity index is 423. The van der Waals surface area contributed by atoms with Crippen molar-refractivity contribution in [3.63, 3.8) is 0 Å². The maximum absolute atomic E-state index is 10.7. The molecule has 0 aliphatic carbocycles. The molecule has 1 rings (SSSR count). The van der Waals surface area contributed by atoms with E-state index in [0.29, 0.717) is 11.1 Å². The number of nitro groups is 1. The van der Waals surface area contributed by atoms with Crippen molar-refractivity contribution in [1.82, 2.24) is 0 Å². The van der Waals surface area contributed by atoms with Gasteiger partial charge in [-0.1, -0.05) is 12.1 Å². The Hall–Kier alpha value is -1.93. The summed E-state index contributed by atoms with van der Waals surface area (Å²) in [5.74, 6) is 0. The van der Waals surface area contributed by atoms with Crippen LogP contribution in [0.4, 0.5) is 5.69 Å². The Balaban J connectivity index is 3.08. The number of nitrogens with zero attached hydrogens (tertiary/aromatic N) is 2. The maximum atomic E-state index is 10.7. The third-order valence-corrected chi connectivity index (χ3v) is 2.17. The van der Waals surface area contributed by atoms with Crippen molar-refractivity contribution in [1.29, 1.82) is 5.26 Å². The summed E-state index contributed by atoms with van der Waals surface area (Å²) in [6.45, 7) is 1.66. The Kier molecular flexibility index (Phi) is 3.37. The lowest BCUT2D eigenvalue weighted by atomic mass is 10.0. The van der Waals surface area contributed by atoms with Gasteiger partial charge in [0.25, 0.3) is 5.69 Å². The molecule has 0 heterocycles. The number of aryl methyl sites for hydroxylation is 1. The van der Waals surface area contributed by atoms with E-state index in [4.69, 9.17) is 11.0 Å². The van der Waals surface area contributed by atoms with Crippen LogP contribution in [-0.4, -0.2) is 4.92 Å². The lowest BCUT2D eigenvalue weighted by Gasteiger charge is -2.08. The van der Waals surface area contributed by atoms with Crippen LogP contribution in [0.25, 0.3) is 0 Å². The first-order valence-corrected chi connectivity index (χ1v) is 4.43. The summed E-state index contributed by atoms with van der Waals surface area (Å²) in [7, 11) is 0. The molecule has 1 atom stereocenters. The van der Waals surface area contributed by atoms with Gasteiger partial charge in [-0.05, 0) is 12.5 Å². The molecule has 0 bridgehead atoms. The highest BCUT2D eigenvalue weighted by molar-refractivity contribution is 5.43. The normalized spacial score (nSPS) is 11.8. The summed E-state index contributed by atoms with van der Waals surface area (Å²) in [5, 5.41) is 19.1. The molecular weight excluding hydrogens is 194 g/mol. The minimum atomic E-state index is -0.464. The van der Waals surface area contributed by atoms with Crippen molar-refractivity contribution in [3.8, 4) is 6.07 Å². The van der Waals surface area contributed by atoms with Crippen molar-refractivity contribution >= 4 is 5.69 Å². The number of benzene rings is 1. The second-order valence-corrected chi connectivity index (χ2v) is 3.27. The highest BCUT2D eigenvalue weighted by Crippen LogP contribution is 2.23. The lowest BCUT2D eigenvalue weighted by Crippen LogP contribution is -2.09. The molecule has 0 radical (unpaired) electrons. The zero-order valence-electron chi connectivity index (χ0n) is 8.30. The Morgan fingerprint density at radius 3 is 2.87 bits per heavy atom. The van der Waals surface area contributed by atoms with Gasteiger partial charge in [-0.15, -0.1) is 0 Å². The molecule has 1 aromatic rings. The summed E-state index contributed by atoms with van der Waals surface area (Å²) >= 11 is 0. The summed E-state index contributed by atoms with van der Waals surface area (Å²) in [5.41, 5.74) is 6.93. The Labute approximate surface area is 87.3 Å². The minimum Gasteiger partial charge on any atom is -0.323 e. The Morgan fingerprint density at radius 1 is 1.67 bits per heavy atom. The van der Waals surface area contributed by atoms with E-state index < -0.39 is 11.0 Å². The first kappa shape index (κ1) is 11.1. The fourth-order valence-corrected chi connectivity index (χ4v) is 1.27. The highest BCUT2D eigenvalue weighted by atomic mass is 16.6. The van der Waals surface area contributed by atoms with Crippen LogP contribution in [0.2, 0.25) is 0 Å². The fraction of sp³-hybridized carbons (Fsp3) is 0.300. The molecule has 0 spiro atoms. The average Bonchev–Trinajstić information content (AvgIpc) is 2.18. The van der Waals surface area contributed by atoms with Gasteiger partial charge in [-0.25, -0.2) is 0 Å². The predicted octanol–water partition coefficient (Wildman–Crippen LogP) is 1.82. The maximum Gasteiger partial charge on any atom is 0.272 e. The SMILES string of the molecule is Cc1ccc([C@@H](N)CC#N)cc1[N+](=O)[O-]. The van der Waals surface area contributed by atoms with Crippen LogP contribution in [0.3, 0.4) is 0 Å². The molecule has 0 aromatic heterocycles. The van der Waals surface area contributed by atoms with E-state index in [1.54, 1.807) is 19.1 Å². The molecule has 0 amide bonds. The molecule has 78 valence electrons. The molecule has 2 N–H and O–H groups in total. The fourth-order valence-electron chi connectivity index (χ4n) is 1.27. The molecule has 0 aliphatic rings. The van der Waals surface area contributed by atoms with Gasteiger partial charge in [0.1, 0.15) is 0 Å². The monoisotopic (exact) mass is 205 g/mol. The third-order valence-electron chi connectivity index (χ3n) is 2.17. The largest absolute Gasteiger partial charge is 0.323 e. The molecule has 0 aliphatic heterocycles. The first-order valence-electron chi connectivity index (χ1n) is 4.43. The second-order valence-electron chi connectivity index (χ2n) is 3.27. The van der Waals surface area contributed by atoms with E-state index in [1.807, 2.05) is 6.07 Å². The van der Waals surface area contributed by atoms with Crippen molar-refractivity contribution in [3.05, 3.63) is 39.4 Å². The van der Waals surface area contributed by atoms with Crippen LogP contribution in [0.1, 0.15) is 23.6 Å². The van der Waals surface area contributed by atoms with Crippen molar-refractivity contribution in [2.45, 2.75) is 19.4 Å². The molecule has 1 aromatic carbocycles. The van der Waals surface area contributed by atoms with Crippen molar-refractivity contribution in [2.24, 2.45) is 5.73 Å². The van der Waals surface area contributed by atoms with E-state index in [0.717, 1.165) is 0 Å². The van der Waals surface area contributed by atoms with Gasteiger partial charge in [0, 0.05) is 17.7 Å². The van der Waals surface area contributed by atoms with Gasteiger partial charge >= 0.3 is 0 Å². The summed E-state index contributed by atoms with van der Waals surface area (Å²) in [6.07, 6.45) is 0.153. The summed E-state index contributed by atoms with van der Waals surface area (Å²) in [6, 6.07) is 6.25. The molecule has 0 saturated carbocycles. The van der Waals surface area contributed by atoms with E-state index >= 15 is 0 Å². The number of nitriles is 1. The van der Waals surface area contributed by atoms with Crippen molar-refractivity contribution < 1.29 is 4.92 Å². The van der Waals surface area contributed by atoms with Gasteiger partial charge in [0.15, 0.2) is 0 Å². The average molecular weight is 205 g/mol. The standard InChI is InChI=1S/C10H11N3O2/c1-7-2-3-8(9(12)4-5-11)6-10(7)13(14)15/h2-3,6,9H,4,12H2,1H3/t9-/m0/s1. The smallest absolute Gasteiger partial charge is 0.272 e. The number of hydrogen-bond donors (Lipinski definition) is 1. The van der Waals surface area contributed by atoms with Gasteiger partial charge in [0.2, 0.25) is 0 Å². The van der Waals surface area contributed by atoms with Crippen LogP contribution < -0.4 is 5.73 Å². The van der Waals surface area contributed by atoms with E-state index in [9.17, 15) is 10.1 Å². The lowest BCUT2D eigenvalue weighted by molar-refractivity contribution is -0.385. The van der Waals surface area contributed by atoms with Crippen LogP contribution >= 0.6 is 0 Å². The van der Waals surface area contributed by atoms with E-state index in [-0.39, 0.29) is 12.1 Å². The molecule has 5 heteroatoms. The van der Waals surface area contributed by atoms with Crippen LogP contribution in [0, 0.1) is 28.4 Å². The minimum absolute atomic E-state index is 0.0425. The number of nitrogens with two attached hydrogens (primary N) is 1. The molecular formula is C10H11N3O2. The summed E-state index contributed by atoms with van der Waals surface area (Å²) < 4.78 is 0. The van der Waals surface area contributed by atoms with Gasteiger partial charge in [0.05, 0.1) is 17.4 Å². The second kappa shape index (κ2) is 4.53. The zero-order valence-corrected chi connectivity index (χ0v) is 8.30. The summed E-state index contributed by atoms with van der Waals surface area (Å²) in [4.78, 5) is 10.2. The molecule has 0 saturated heterocycles. The van der Waals surface area contributed by atoms with Crippen molar-refractivity contribution in [2.75, 3.05) is 0 Å². The predicted molar refractivity (Wildman–Crippen MR) is 55.0 cm³/mol. The molecule has 5 nitrogen and oxygen atoms in total. The number of hydrogen-bond acceptors (Lipinski definition) is 4.